The number of para-hydroxylation sites is 1. The van der Waals surface area contributed by atoms with E-state index in [0.29, 0.717) is 37.8 Å². The van der Waals surface area contributed by atoms with Gasteiger partial charge in [0.05, 0.1) is 12.7 Å². The standard InChI is InChI=1S/C26H33N3O4/c1-19-8-5-6-9-21(19)31-18-20-10-11-22(32-20)25(30)29-13-7-12-28(14-15-29)17-24-27-16-23(33-24)26(2,3)4/h5-6,8-11,16H,7,12-15,17-18H2,1-4H3. The minimum absolute atomic E-state index is 0.0554. The van der Waals surface area contributed by atoms with E-state index in [-0.39, 0.29) is 11.3 Å². The van der Waals surface area contributed by atoms with Crippen LogP contribution in [0.5, 0.6) is 5.75 Å². The van der Waals surface area contributed by atoms with E-state index in [1.165, 1.54) is 0 Å². The Morgan fingerprint density at radius 3 is 2.64 bits per heavy atom. The lowest BCUT2D eigenvalue weighted by molar-refractivity contribution is 0.0724. The number of aromatic nitrogens is 1. The van der Waals surface area contributed by atoms with Crippen LogP contribution >= 0.6 is 0 Å². The number of aryl methyl sites for hydroxylation is 1. The van der Waals surface area contributed by atoms with E-state index in [0.717, 1.165) is 42.5 Å². The Morgan fingerprint density at radius 1 is 1.06 bits per heavy atom. The molecule has 2 aromatic heterocycles. The van der Waals surface area contributed by atoms with Gasteiger partial charge < -0.3 is 18.5 Å². The van der Waals surface area contributed by atoms with Crippen molar-refractivity contribution in [3.05, 3.63) is 71.3 Å². The maximum absolute atomic E-state index is 13.0. The van der Waals surface area contributed by atoms with Crippen LogP contribution in [0.2, 0.25) is 0 Å². The van der Waals surface area contributed by atoms with Gasteiger partial charge in [-0.05, 0) is 37.1 Å². The summed E-state index contributed by atoms with van der Waals surface area (Å²) in [5, 5.41) is 0. The molecule has 1 saturated heterocycles. The molecule has 0 unspecified atom stereocenters. The summed E-state index contributed by atoms with van der Waals surface area (Å²) in [5.41, 5.74) is 1.01. The second-order valence-corrected chi connectivity index (χ2v) is 9.61. The number of benzene rings is 1. The number of nitrogens with zero attached hydrogens (tertiary/aromatic N) is 3. The topological polar surface area (TPSA) is 72.0 Å². The first kappa shape index (κ1) is 23.1. The minimum Gasteiger partial charge on any atom is -0.485 e. The largest absolute Gasteiger partial charge is 0.485 e. The van der Waals surface area contributed by atoms with Crippen LogP contribution in [-0.4, -0.2) is 46.9 Å². The van der Waals surface area contributed by atoms with Crippen molar-refractivity contribution in [1.82, 2.24) is 14.8 Å². The molecule has 1 amide bonds. The molecule has 1 fully saturated rings. The lowest BCUT2D eigenvalue weighted by Crippen LogP contribution is -2.35. The molecule has 7 heteroatoms. The van der Waals surface area contributed by atoms with Crippen LogP contribution in [0, 0.1) is 6.92 Å². The fourth-order valence-electron chi connectivity index (χ4n) is 3.85. The Kier molecular flexibility index (Phi) is 6.88. The van der Waals surface area contributed by atoms with Gasteiger partial charge in [-0.25, -0.2) is 4.98 Å². The Labute approximate surface area is 195 Å². The summed E-state index contributed by atoms with van der Waals surface area (Å²) in [5.74, 6) is 3.35. The van der Waals surface area contributed by atoms with E-state index < -0.39 is 0 Å². The highest BCUT2D eigenvalue weighted by molar-refractivity contribution is 5.91. The Hall–Kier alpha value is -3.06. The normalized spacial score (nSPS) is 15.5. The van der Waals surface area contributed by atoms with Gasteiger partial charge in [0.15, 0.2) is 5.76 Å². The third kappa shape index (κ3) is 5.85. The predicted octanol–water partition coefficient (Wildman–Crippen LogP) is 4.80. The third-order valence-corrected chi connectivity index (χ3v) is 5.86. The fourth-order valence-corrected chi connectivity index (χ4v) is 3.85. The van der Waals surface area contributed by atoms with Crippen LogP contribution in [0.3, 0.4) is 0 Å². The first-order valence-electron chi connectivity index (χ1n) is 11.5. The molecule has 0 radical (unpaired) electrons. The molecule has 3 heterocycles. The van der Waals surface area contributed by atoms with Crippen LogP contribution in [0.25, 0.3) is 0 Å². The molecule has 0 bridgehead atoms. The van der Waals surface area contributed by atoms with Crippen LogP contribution in [-0.2, 0) is 18.6 Å². The van der Waals surface area contributed by atoms with E-state index in [1.807, 2.05) is 48.4 Å². The van der Waals surface area contributed by atoms with Crippen LogP contribution in [0.1, 0.15) is 60.7 Å². The summed E-state index contributed by atoms with van der Waals surface area (Å²) in [6, 6.07) is 11.4. The summed E-state index contributed by atoms with van der Waals surface area (Å²) < 4.78 is 17.6. The van der Waals surface area contributed by atoms with Crippen molar-refractivity contribution in [2.24, 2.45) is 0 Å². The van der Waals surface area contributed by atoms with Gasteiger partial charge in [-0.15, -0.1) is 0 Å². The molecule has 0 N–H and O–H groups in total. The number of ether oxygens (including phenoxy) is 1. The molecule has 176 valence electrons. The lowest BCUT2D eigenvalue weighted by Gasteiger charge is -2.20. The fraction of sp³-hybridized carbons (Fsp3) is 0.462. The molecular weight excluding hydrogens is 418 g/mol. The van der Waals surface area contributed by atoms with Gasteiger partial charge in [0.2, 0.25) is 5.89 Å². The second-order valence-electron chi connectivity index (χ2n) is 9.61. The van der Waals surface area contributed by atoms with Crippen molar-refractivity contribution < 1.29 is 18.4 Å². The van der Waals surface area contributed by atoms with Gasteiger partial charge in [-0.1, -0.05) is 39.0 Å². The highest BCUT2D eigenvalue weighted by atomic mass is 16.5. The Balaban J connectivity index is 1.30. The number of carbonyl (C=O) groups excluding carboxylic acids is 1. The predicted molar refractivity (Wildman–Crippen MR) is 125 cm³/mol. The van der Waals surface area contributed by atoms with Gasteiger partial charge in [0.1, 0.15) is 23.9 Å². The SMILES string of the molecule is Cc1ccccc1OCc1ccc(C(=O)N2CCCN(Cc3ncc(C(C)(C)C)o3)CC2)o1. The zero-order valence-corrected chi connectivity index (χ0v) is 20.0. The molecule has 1 aliphatic heterocycles. The molecule has 0 saturated carbocycles. The van der Waals surface area contributed by atoms with Crippen molar-refractivity contribution in [3.63, 3.8) is 0 Å². The third-order valence-electron chi connectivity index (χ3n) is 5.86. The average Bonchev–Trinajstić information content (AvgIpc) is 3.39. The maximum atomic E-state index is 13.0. The van der Waals surface area contributed by atoms with Crippen LogP contribution in [0.4, 0.5) is 0 Å². The highest BCUT2D eigenvalue weighted by Gasteiger charge is 2.24. The van der Waals surface area contributed by atoms with E-state index in [1.54, 1.807) is 6.07 Å². The van der Waals surface area contributed by atoms with Gasteiger partial charge in [0, 0.05) is 31.6 Å². The first-order chi connectivity index (χ1) is 15.8. The highest BCUT2D eigenvalue weighted by Crippen LogP contribution is 2.23. The lowest BCUT2D eigenvalue weighted by atomic mass is 9.94. The quantitative estimate of drug-likeness (QED) is 0.536. The van der Waals surface area contributed by atoms with Gasteiger partial charge in [-0.3, -0.25) is 9.69 Å². The van der Waals surface area contributed by atoms with Gasteiger partial charge in [0.25, 0.3) is 5.91 Å². The molecule has 7 nitrogen and oxygen atoms in total. The van der Waals surface area contributed by atoms with E-state index in [4.69, 9.17) is 13.6 Å². The molecule has 4 rings (SSSR count). The molecule has 1 aromatic carbocycles. The maximum Gasteiger partial charge on any atom is 0.289 e. The second kappa shape index (κ2) is 9.83. The number of oxazole rings is 1. The van der Waals surface area contributed by atoms with Gasteiger partial charge >= 0.3 is 0 Å². The summed E-state index contributed by atoms with van der Waals surface area (Å²) in [6.45, 7) is 12.3. The summed E-state index contributed by atoms with van der Waals surface area (Å²) in [7, 11) is 0. The van der Waals surface area contributed by atoms with Crippen molar-refractivity contribution in [2.45, 2.75) is 52.7 Å². The number of carbonyl (C=O) groups is 1. The van der Waals surface area contributed by atoms with E-state index in [9.17, 15) is 4.79 Å². The number of hydrogen-bond acceptors (Lipinski definition) is 6. The van der Waals surface area contributed by atoms with Crippen LogP contribution < -0.4 is 4.74 Å². The molecule has 0 spiro atoms. The Bertz CT molecular complexity index is 1080. The first-order valence-corrected chi connectivity index (χ1v) is 11.5. The zero-order valence-electron chi connectivity index (χ0n) is 20.0. The van der Waals surface area contributed by atoms with Crippen LogP contribution in [0.15, 0.2) is 51.4 Å². The minimum atomic E-state index is -0.0786. The summed E-state index contributed by atoms with van der Waals surface area (Å²) in [6.07, 6.45) is 2.71. The molecule has 33 heavy (non-hydrogen) atoms. The molecule has 3 aromatic rings. The number of amides is 1. The summed E-state index contributed by atoms with van der Waals surface area (Å²) >= 11 is 0. The number of hydrogen-bond donors (Lipinski definition) is 0. The van der Waals surface area contributed by atoms with E-state index >= 15 is 0 Å². The smallest absolute Gasteiger partial charge is 0.289 e. The van der Waals surface area contributed by atoms with Gasteiger partial charge in [-0.2, -0.15) is 0 Å². The zero-order chi connectivity index (χ0) is 23.4. The molecule has 0 aliphatic carbocycles. The van der Waals surface area contributed by atoms with Crippen molar-refractivity contribution in [3.8, 4) is 5.75 Å². The molecular formula is C26H33N3O4. The average molecular weight is 452 g/mol. The summed E-state index contributed by atoms with van der Waals surface area (Å²) in [4.78, 5) is 21.6. The van der Waals surface area contributed by atoms with Crippen molar-refractivity contribution >= 4 is 5.91 Å². The Morgan fingerprint density at radius 2 is 1.88 bits per heavy atom. The van der Waals surface area contributed by atoms with Crippen molar-refractivity contribution in [2.75, 3.05) is 26.2 Å². The number of furan rings is 1. The monoisotopic (exact) mass is 451 g/mol. The van der Waals surface area contributed by atoms with E-state index in [2.05, 4.69) is 30.7 Å². The number of rotatable bonds is 6. The van der Waals surface area contributed by atoms with Crippen molar-refractivity contribution in [1.29, 1.82) is 0 Å². The molecule has 1 aliphatic rings. The molecule has 0 atom stereocenters.